The first kappa shape index (κ1) is 17.5. The van der Waals surface area contributed by atoms with Crippen molar-refractivity contribution in [3.63, 3.8) is 0 Å². The first-order chi connectivity index (χ1) is 13.1. The second-order valence-corrected chi connectivity index (χ2v) is 6.81. The van der Waals surface area contributed by atoms with E-state index in [9.17, 15) is 9.59 Å². The highest BCUT2D eigenvalue weighted by molar-refractivity contribution is 6.21. The van der Waals surface area contributed by atoms with E-state index in [-0.39, 0.29) is 11.8 Å². The lowest BCUT2D eigenvalue weighted by Gasteiger charge is -2.30. The molecule has 27 heavy (non-hydrogen) atoms. The number of fused-ring (bicyclic) bond motifs is 2. The molecule has 0 saturated heterocycles. The number of ether oxygens (including phenoxy) is 2. The summed E-state index contributed by atoms with van der Waals surface area (Å²) >= 11 is 0. The van der Waals surface area contributed by atoms with E-state index in [1.54, 1.807) is 38.5 Å². The molecular weight excluding hydrogens is 344 g/mol. The molecule has 0 atom stereocenters. The van der Waals surface area contributed by atoms with Crippen molar-refractivity contribution in [2.45, 2.75) is 13.0 Å². The number of nitrogens with zero attached hydrogens (tertiary/aromatic N) is 2. The fourth-order valence-electron chi connectivity index (χ4n) is 3.82. The number of amides is 2. The molecule has 0 aromatic heterocycles. The lowest BCUT2D eigenvalue weighted by atomic mass is 9.99. The summed E-state index contributed by atoms with van der Waals surface area (Å²) in [4.78, 5) is 28.6. The third kappa shape index (κ3) is 3.06. The van der Waals surface area contributed by atoms with Crippen molar-refractivity contribution in [1.82, 2.24) is 9.80 Å². The zero-order chi connectivity index (χ0) is 19.0. The summed E-state index contributed by atoms with van der Waals surface area (Å²) in [5, 5.41) is 0. The Morgan fingerprint density at radius 2 is 1.48 bits per heavy atom. The number of hydrogen-bond donors (Lipinski definition) is 0. The molecule has 0 bridgehead atoms. The number of benzene rings is 2. The van der Waals surface area contributed by atoms with Crippen molar-refractivity contribution in [1.29, 1.82) is 0 Å². The number of rotatable bonds is 5. The maximum atomic E-state index is 12.5. The second-order valence-electron chi connectivity index (χ2n) is 6.81. The Morgan fingerprint density at radius 1 is 0.889 bits per heavy atom. The number of carbonyl (C=O) groups excluding carboxylic acids is 2. The summed E-state index contributed by atoms with van der Waals surface area (Å²) in [6.45, 7) is 2.69. The normalized spacial score (nSPS) is 16.3. The minimum atomic E-state index is -0.195. The molecule has 0 N–H and O–H groups in total. The lowest BCUT2D eigenvalue weighted by molar-refractivity contribution is 0.0633. The van der Waals surface area contributed by atoms with Crippen LogP contribution < -0.4 is 9.47 Å². The van der Waals surface area contributed by atoms with E-state index in [0.717, 1.165) is 31.0 Å². The molecule has 140 valence electrons. The van der Waals surface area contributed by atoms with Gasteiger partial charge in [0.1, 0.15) is 0 Å². The van der Waals surface area contributed by atoms with E-state index >= 15 is 0 Å². The van der Waals surface area contributed by atoms with Crippen molar-refractivity contribution >= 4 is 11.8 Å². The molecular formula is C21H22N2O4. The molecule has 2 aromatic carbocycles. The second kappa shape index (κ2) is 7.04. The number of hydrogen-bond acceptors (Lipinski definition) is 5. The quantitative estimate of drug-likeness (QED) is 0.761. The highest BCUT2D eigenvalue weighted by Gasteiger charge is 2.35. The van der Waals surface area contributed by atoms with Crippen LogP contribution in [0.15, 0.2) is 36.4 Å². The van der Waals surface area contributed by atoms with Gasteiger partial charge in [-0.05, 0) is 41.8 Å². The Bertz CT molecular complexity index is 874. The Balaban J connectivity index is 1.44. The fourth-order valence-corrected chi connectivity index (χ4v) is 3.82. The van der Waals surface area contributed by atoms with Crippen LogP contribution in [0, 0.1) is 0 Å². The van der Waals surface area contributed by atoms with Crippen LogP contribution in [0.5, 0.6) is 11.5 Å². The van der Waals surface area contributed by atoms with Crippen LogP contribution in [0.4, 0.5) is 0 Å². The first-order valence-electron chi connectivity index (χ1n) is 9.03. The molecule has 0 radical (unpaired) electrons. The monoisotopic (exact) mass is 366 g/mol. The molecule has 0 fully saturated rings. The minimum absolute atomic E-state index is 0.195. The van der Waals surface area contributed by atoms with Gasteiger partial charge in [-0.25, -0.2) is 0 Å². The summed E-state index contributed by atoms with van der Waals surface area (Å²) in [5.74, 6) is 1.08. The molecule has 2 aliphatic rings. The van der Waals surface area contributed by atoms with Gasteiger partial charge in [-0.15, -0.1) is 0 Å². The molecule has 6 heteroatoms. The van der Waals surface area contributed by atoms with E-state index in [2.05, 4.69) is 4.90 Å². The minimum Gasteiger partial charge on any atom is -0.493 e. The number of carbonyl (C=O) groups is 2. The predicted molar refractivity (Wildman–Crippen MR) is 100 cm³/mol. The van der Waals surface area contributed by atoms with Gasteiger partial charge in [0.2, 0.25) is 0 Å². The number of methoxy groups -OCH3 is 2. The van der Waals surface area contributed by atoms with Gasteiger partial charge in [0.15, 0.2) is 11.5 Å². The summed E-state index contributed by atoms with van der Waals surface area (Å²) < 4.78 is 10.8. The van der Waals surface area contributed by atoms with Gasteiger partial charge in [0.25, 0.3) is 11.8 Å². The average Bonchev–Trinajstić information content (AvgIpc) is 2.95. The van der Waals surface area contributed by atoms with Gasteiger partial charge >= 0.3 is 0 Å². The van der Waals surface area contributed by atoms with Crippen LogP contribution in [-0.2, 0) is 13.0 Å². The summed E-state index contributed by atoms with van der Waals surface area (Å²) in [6, 6.07) is 11.1. The van der Waals surface area contributed by atoms with Crippen molar-refractivity contribution in [2.24, 2.45) is 0 Å². The van der Waals surface area contributed by atoms with Gasteiger partial charge in [0.05, 0.1) is 25.3 Å². The van der Waals surface area contributed by atoms with Crippen LogP contribution in [0.3, 0.4) is 0 Å². The zero-order valence-electron chi connectivity index (χ0n) is 15.5. The van der Waals surface area contributed by atoms with E-state index in [4.69, 9.17) is 9.47 Å². The molecule has 0 aliphatic carbocycles. The van der Waals surface area contributed by atoms with E-state index in [1.165, 1.54) is 16.0 Å². The van der Waals surface area contributed by atoms with E-state index in [0.29, 0.717) is 24.2 Å². The Labute approximate surface area is 158 Å². The standard InChI is InChI=1S/C21H22N2O4/c1-26-18-11-14-7-8-22(13-15(14)12-19(18)27-2)9-10-23-20(24)16-5-3-4-6-17(16)21(23)25/h3-6,11-12H,7-10,13H2,1-2H3. The first-order valence-corrected chi connectivity index (χ1v) is 9.03. The van der Waals surface area contributed by atoms with Crippen LogP contribution in [-0.4, -0.2) is 55.5 Å². The van der Waals surface area contributed by atoms with Crippen LogP contribution in [0.2, 0.25) is 0 Å². The van der Waals surface area contributed by atoms with E-state index in [1.807, 2.05) is 12.1 Å². The molecule has 2 aliphatic heterocycles. The SMILES string of the molecule is COc1cc2c(cc1OC)CN(CCN1C(=O)c3ccccc3C1=O)CC2. The molecule has 0 unspecified atom stereocenters. The predicted octanol–water partition coefficient (Wildman–Crippen LogP) is 2.36. The van der Waals surface area contributed by atoms with Gasteiger partial charge in [-0.3, -0.25) is 19.4 Å². The lowest BCUT2D eigenvalue weighted by Crippen LogP contribution is -2.40. The molecule has 0 spiro atoms. The largest absolute Gasteiger partial charge is 0.493 e. The average molecular weight is 366 g/mol. The van der Waals surface area contributed by atoms with Crippen LogP contribution >= 0.6 is 0 Å². The summed E-state index contributed by atoms with van der Waals surface area (Å²) in [7, 11) is 3.27. The Morgan fingerprint density at radius 3 is 2.07 bits per heavy atom. The molecule has 0 saturated carbocycles. The van der Waals surface area contributed by atoms with Crippen molar-refractivity contribution < 1.29 is 19.1 Å². The summed E-state index contributed by atoms with van der Waals surface area (Å²) in [5.41, 5.74) is 3.46. The van der Waals surface area contributed by atoms with Crippen molar-refractivity contribution in [2.75, 3.05) is 33.9 Å². The van der Waals surface area contributed by atoms with E-state index < -0.39 is 0 Å². The highest BCUT2D eigenvalue weighted by Crippen LogP contribution is 2.33. The third-order valence-electron chi connectivity index (χ3n) is 5.32. The van der Waals surface area contributed by atoms with Gasteiger partial charge in [-0.2, -0.15) is 0 Å². The smallest absolute Gasteiger partial charge is 0.261 e. The summed E-state index contributed by atoms with van der Waals surface area (Å²) in [6.07, 6.45) is 0.901. The van der Waals surface area contributed by atoms with Crippen molar-refractivity contribution in [3.05, 3.63) is 58.7 Å². The third-order valence-corrected chi connectivity index (χ3v) is 5.32. The maximum absolute atomic E-state index is 12.5. The molecule has 2 amide bonds. The molecule has 2 heterocycles. The molecule has 4 rings (SSSR count). The maximum Gasteiger partial charge on any atom is 0.261 e. The molecule has 2 aromatic rings. The zero-order valence-corrected chi connectivity index (χ0v) is 15.5. The van der Waals surface area contributed by atoms with Crippen LogP contribution in [0.25, 0.3) is 0 Å². The van der Waals surface area contributed by atoms with Crippen molar-refractivity contribution in [3.8, 4) is 11.5 Å². The molecule has 6 nitrogen and oxygen atoms in total. The highest BCUT2D eigenvalue weighted by atomic mass is 16.5. The Hall–Kier alpha value is -2.86. The topological polar surface area (TPSA) is 59.1 Å². The fraction of sp³-hybridized carbons (Fsp3) is 0.333. The van der Waals surface area contributed by atoms with Gasteiger partial charge < -0.3 is 9.47 Å². The van der Waals surface area contributed by atoms with Gasteiger partial charge in [0, 0.05) is 26.2 Å². The van der Waals surface area contributed by atoms with Gasteiger partial charge in [-0.1, -0.05) is 12.1 Å². The Kier molecular flexibility index (Phi) is 4.58. The van der Waals surface area contributed by atoms with Crippen LogP contribution in [0.1, 0.15) is 31.8 Å². The number of imide groups is 1.